The molecular formula is C12H20N2OS. The molecule has 4 heteroatoms. The number of rotatable bonds is 1. The fourth-order valence-corrected chi connectivity index (χ4v) is 2.50. The van der Waals surface area contributed by atoms with Crippen molar-refractivity contribution < 1.29 is 4.79 Å². The van der Waals surface area contributed by atoms with E-state index in [2.05, 4.69) is 25.8 Å². The molecule has 0 unspecified atom stereocenters. The molecule has 1 aromatic heterocycles. The zero-order valence-corrected chi connectivity index (χ0v) is 11.7. The smallest absolute Gasteiger partial charge is 0.260 e. The van der Waals surface area contributed by atoms with Crippen molar-refractivity contribution in [2.75, 3.05) is 0 Å². The molecule has 0 saturated heterocycles. The fraction of sp³-hybridized carbons (Fsp3) is 0.667. The molecule has 1 rings (SSSR count). The van der Waals surface area contributed by atoms with E-state index in [4.69, 9.17) is 5.73 Å². The lowest BCUT2D eigenvalue weighted by molar-refractivity contribution is 0.100. The van der Waals surface area contributed by atoms with Gasteiger partial charge in [-0.3, -0.25) is 4.79 Å². The summed E-state index contributed by atoms with van der Waals surface area (Å²) >= 11 is 1.42. The molecule has 2 N–H and O–H groups in total. The van der Waals surface area contributed by atoms with Crippen LogP contribution >= 0.6 is 11.3 Å². The minimum atomic E-state index is -0.377. The topological polar surface area (TPSA) is 56.0 Å². The van der Waals surface area contributed by atoms with Crippen molar-refractivity contribution in [3.05, 3.63) is 15.6 Å². The number of aromatic nitrogens is 1. The van der Waals surface area contributed by atoms with Gasteiger partial charge in [-0.15, -0.1) is 11.3 Å². The highest BCUT2D eigenvalue weighted by Gasteiger charge is 2.29. The third kappa shape index (κ3) is 2.61. The van der Waals surface area contributed by atoms with Crippen LogP contribution in [0, 0.1) is 0 Å². The molecule has 1 amide bonds. The van der Waals surface area contributed by atoms with Gasteiger partial charge in [0.1, 0.15) is 4.88 Å². The molecule has 0 aliphatic heterocycles. The van der Waals surface area contributed by atoms with Crippen LogP contribution in [-0.4, -0.2) is 10.9 Å². The van der Waals surface area contributed by atoms with Gasteiger partial charge in [0.15, 0.2) is 0 Å². The van der Waals surface area contributed by atoms with Crippen molar-refractivity contribution in [1.82, 2.24) is 4.98 Å². The molecule has 0 bridgehead atoms. The summed E-state index contributed by atoms with van der Waals surface area (Å²) in [5.41, 5.74) is 6.02. The molecule has 0 radical (unpaired) electrons. The molecule has 1 heterocycles. The van der Waals surface area contributed by atoms with Gasteiger partial charge in [0, 0.05) is 10.8 Å². The van der Waals surface area contributed by atoms with Crippen LogP contribution in [0.25, 0.3) is 0 Å². The predicted molar refractivity (Wildman–Crippen MR) is 68.0 cm³/mol. The lowest BCUT2D eigenvalue weighted by Gasteiger charge is -2.17. The van der Waals surface area contributed by atoms with Crippen molar-refractivity contribution >= 4 is 17.2 Å². The Morgan fingerprint density at radius 2 is 1.62 bits per heavy atom. The molecule has 90 valence electrons. The molecule has 0 aliphatic rings. The molecular weight excluding hydrogens is 220 g/mol. The lowest BCUT2D eigenvalue weighted by atomic mass is 9.90. The summed E-state index contributed by atoms with van der Waals surface area (Å²) in [6, 6.07) is 0. The monoisotopic (exact) mass is 240 g/mol. The van der Waals surface area contributed by atoms with Crippen molar-refractivity contribution in [2.45, 2.75) is 52.4 Å². The molecule has 0 aromatic carbocycles. The Balaban J connectivity index is 3.38. The van der Waals surface area contributed by atoms with E-state index in [1.165, 1.54) is 11.3 Å². The molecule has 0 aliphatic carbocycles. The van der Waals surface area contributed by atoms with Crippen LogP contribution in [0.1, 0.15) is 61.9 Å². The third-order valence-corrected chi connectivity index (χ3v) is 3.70. The number of hydrogen-bond donors (Lipinski definition) is 1. The molecule has 1 aromatic rings. The van der Waals surface area contributed by atoms with E-state index in [9.17, 15) is 4.79 Å². The standard InChI is InChI=1S/C12H20N2OS/c1-11(2,3)8-7(9(13)15)16-10(14-8)12(4,5)6/h1-6H3,(H2,13,15). The number of nitrogens with two attached hydrogens (primary N) is 1. The van der Waals surface area contributed by atoms with Crippen LogP contribution in [0.3, 0.4) is 0 Å². The predicted octanol–water partition coefficient (Wildman–Crippen LogP) is 2.84. The van der Waals surface area contributed by atoms with Gasteiger partial charge < -0.3 is 5.73 Å². The minimum absolute atomic E-state index is 0.0433. The van der Waals surface area contributed by atoms with Crippen LogP contribution in [0.4, 0.5) is 0 Å². The maximum Gasteiger partial charge on any atom is 0.260 e. The molecule has 3 nitrogen and oxygen atoms in total. The summed E-state index contributed by atoms with van der Waals surface area (Å²) in [5, 5.41) is 0.964. The maximum atomic E-state index is 11.4. The molecule has 0 fully saturated rings. The molecule has 16 heavy (non-hydrogen) atoms. The number of carbonyl (C=O) groups excluding carboxylic acids is 1. The summed E-state index contributed by atoms with van der Waals surface area (Å²) < 4.78 is 0. The Morgan fingerprint density at radius 3 is 1.88 bits per heavy atom. The second-order valence-electron chi connectivity index (χ2n) is 6.06. The Kier molecular flexibility index (Phi) is 3.16. The normalized spacial score (nSPS) is 12.9. The van der Waals surface area contributed by atoms with E-state index in [0.717, 1.165) is 10.7 Å². The highest BCUT2D eigenvalue weighted by atomic mass is 32.1. The average Bonchev–Trinajstić information content (AvgIpc) is 2.44. The van der Waals surface area contributed by atoms with E-state index in [0.29, 0.717) is 4.88 Å². The Morgan fingerprint density at radius 1 is 1.12 bits per heavy atom. The van der Waals surface area contributed by atoms with Crippen molar-refractivity contribution in [3.63, 3.8) is 0 Å². The average molecular weight is 240 g/mol. The molecule has 0 atom stereocenters. The maximum absolute atomic E-state index is 11.4. The number of amides is 1. The SMILES string of the molecule is CC(C)(C)c1nc(C(C)(C)C)c(C(N)=O)s1. The minimum Gasteiger partial charge on any atom is -0.365 e. The largest absolute Gasteiger partial charge is 0.365 e. The van der Waals surface area contributed by atoms with Crippen molar-refractivity contribution in [2.24, 2.45) is 5.73 Å². The van der Waals surface area contributed by atoms with Gasteiger partial charge >= 0.3 is 0 Å². The summed E-state index contributed by atoms with van der Waals surface area (Å²) in [6.45, 7) is 12.4. The lowest BCUT2D eigenvalue weighted by Crippen LogP contribution is -2.20. The summed E-state index contributed by atoms with van der Waals surface area (Å²) in [5.74, 6) is -0.377. The Bertz CT molecular complexity index is 408. The van der Waals surface area contributed by atoms with Crippen LogP contribution in [0.5, 0.6) is 0 Å². The van der Waals surface area contributed by atoms with Gasteiger partial charge in [0.25, 0.3) is 5.91 Å². The second-order valence-corrected chi connectivity index (χ2v) is 7.06. The first kappa shape index (κ1) is 13.2. The molecule has 0 spiro atoms. The van der Waals surface area contributed by atoms with Gasteiger partial charge in [0.05, 0.1) is 10.7 Å². The van der Waals surface area contributed by atoms with Crippen LogP contribution in [0.2, 0.25) is 0 Å². The number of hydrogen-bond acceptors (Lipinski definition) is 3. The van der Waals surface area contributed by atoms with Crippen molar-refractivity contribution in [3.8, 4) is 0 Å². The van der Waals surface area contributed by atoms with Crippen LogP contribution < -0.4 is 5.73 Å². The summed E-state index contributed by atoms with van der Waals surface area (Å²) in [4.78, 5) is 16.6. The second kappa shape index (κ2) is 3.84. The Hall–Kier alpha value is -0.900. The summed E-state index contributed by atoms with van der Waals surface area (Å²) in [7, 11) is 0. The number of carbonyl (C=O) groups is 1. The van der Waals surface area contributed by atoms with Crippen LogP contribution in [-0.2, 0) is 10.8 Å². The van der Waals surface area contributed by atoms with Crippen LogP contribution in [0.15, 0.2) is 0 Å². The zero-order chi connectivity index (χ0) is 12.7. The van der Waals surface area contributed by atoms with Gasteiger partial charge in [-0.2, -0.15) is 0 Å². The van der Waals surface area contributed by atoms with E-state index in [1.807, 2.05) is 20.8 Å². The Labute approximate surface area is 101 Å². The van der Waals surface area contributed by atoms with Crippen molar-refractivity contribution in [1.29, 1.82) is 0 Å². The third-order valence-electron chi connectivity index (χ3n) is 2.20. The first-order valence-electron chi connectivity index (χ1n) is 5.35. The number of nitrogens with zero attached hydrogens (tertiary/aromatic N) is 1. The summed E-state index contributed by atoms with van der Waals surface area (Å²) in [6.07, 6.45) is 0. The van der Waals surface area contributed by atoms with Gasteiger partial charge in [-0.1, -0.05) is 41.5 Å². The van der Waals surface area contributed by atoms with E-state index in [1.54, 1.807) is 0 Å². The molecule has 0 saturated carbocycles. The van der Waals surface area contributed by atoms with E-state index < -0.39 is 0 Å². The number of primary amides is 1. The van der Waals surface area contributed by atoms with E-state index in [-0.39, 0.29) is 16.7 Å². The van der Waals surface area contributed by atoms with Gasteiger partial charge in [0.2, 0.25) is 0 Å². The van der Waals surface area contributed by atoms with Gasteiger partial charge in [-0.05, 0) is 0 Å². The first-order chi connectivity index (χ1) is 7.03. The quantitative estimate of drug-likeness (QED) is 0.820. The highest BCUT2D eigenvalue weighted by Crippen LogP contribution is 2.34. The van der Waals surface area contributed by atoms with Gasteiger partial charge in [-0.25, -0.2) is 4.98 Å². The fourth-order valence-electron chi connectivity index (χ4n) is 1.32. The van der Waals surface area contributed by atoms with E-state index >= 15 is 0 Å². The highest BCUT2D eigenvalue weighted by molar-refractivity contribution is 7.14. The zero-order valence-electron chi connectivity index (χ0n) is 10.8. The first-order valence-corrected chi connectivity index (χ1v) is 6.16. The number of thiazole rings is 1.